The monoisotopic (exact) mass is 537 g/mol. The Bertz CT molecular complexity index is 1280. The second-order valence-corrected chi connectivity index (χ2v) is 9.55. The van der Waals surface area contributed by atoms with Gasteiger partial charge in [0.2, 0.25) is 0 Å². The van der Waals surface area contributed by atoms with Gasteiger partial charge in [0.05, 0.1) is 6.42 Å². The molecule has 3 N–H and O–H groups in total. The number of nitrogens with one attached hydrogen (secondary N) is 1. The van der Waals surface area contributed by atoms with E-state index in [1.54, 1.807) is 24.3 Å². The normalized spacial score (nSPS) is 11.7. The van der Waals surface area contributed by atoms with E-state index in [1.807, 2.05) is 12.1 Å². The number of carbonyl (C=O) groups is 4. The fraction of sp³-hybridized carbons (Fsp3) is 0.400. The van der Waals surface area contributed by atoms with Crippen molar-refractivity contribution in [1.82, 2.24) is 4.98 Å². The Balaban J connectivity index is 1.66. The van der Waals surface area contributed by atoms with Crippen molar-refractivity contribution < 1.29 is 38.9 Å². The molecule has 0 aliphatic carbocycles. The van der Waals surface area contributed by atoms with E-state index >= 15 is 0 Å². The minimum absolute atomic E-state index is 0.0869. The molecule has 0 spiro atoms. The number of fused-ring (bicyclic) bond motifs is 1. The summed E-state index contributed by atoms with van der Waals surface area (Å²) in [6.07, 6.45) is 6.14. The molecule has 3 rings (SSSR count). The molecule has 0 saturated carbocycles. The number of hydrogen-bond acceptors (Lipinski definition) is 6. The first-order valence-electron chi connectivity index (χ1n) is 13.3. The smallest absolute Gasteiger partial charge is 0.486 e. The molecule has 0 bridgehead atoms. The minimum Gasteiger partial charge on any atom is -0.486 e. The van der Waals surface area contributed by atoms with Crippen molar-refractivity contribution in [2.24, 2.45) is 0 Å². The molecule has 0 saturated heterocycles. The SMILES string of the molecule is CCCCCCCCc1ccc(OCC(=O)C(C(=O)CCC(=O)O)c2cc3cc(OC(=O)O)ccc3[nH]2)cc1. The van der Waals surface area contributed by atoms with Crippen LogP contribution in [0.5, 0.6) is 11.5 Å². The van der Waals surface area contributed by atoms with Crippen LogP contribution in [0.1, 0.15) is 75.5 Å². The van der Waals surface area contributed by atoms with Gasteiger partial charge in [0, 0.05) is 23.0 Å². The quantitative estimate of drug-likeness (QED) is 0.0788. The number of rotatable bonds is 17. The van der Waals surface area contributed by atoms with Crippen molar-refractivity contribution in [1.29, 1.82) is 0 Å². The van der Waals surface area contributed by atoms with Crippen molar-refractivity contribution in [3.8, 4) is 11.5 Å². The van der Waals surface area contributed by atoms with Gasteiger partial charge in [-0.1, -0.05) is 51.2 Å². The first-order chi connectivity index (χ1) is 18.8. The number of carboxylic acid groups (broad SMARTS) is 2. The number of carboxylic acids is 1. The summed E-state index contributed by atoms with van der Waals surface area (Å²) in [7, 11) is 0. The molecule has 0 aliphatic rings. The van der Waals surface area contributed by atoms with Gasteiger partial charge in [-0.3, -0.25) is 14.4 Å². The summed E-state index contributed by atoms with van der Waals surface area (Å²) < 4.78 is 10.4. The molecule has 39 heavy (non-hydrogen) atoms. The van der Waals surface area contributed by atoms with Crippen LogP contribution < -0.4 is 9.47 Å². The van der Waals surface area contributed by atoms with Crippen LogP contribution in [0.15, 0.2) is 48.5 Å². The molecule has 1 heterocycles. The maximum atomic E-state index is 13.2. The maximum Gasteiger partial charge on any atom is 0.511 e. The number of aliphatic carboxylic acids is 1. The lowest BCUT2D eigenvalue weighted by molar-refractivity contribution is -0.139. The fourth-order valence-corrected chi connectivity index (χ4v) is 4.45. The molecule has 9 nitrogen and oxygen atoms in total. The fourth-order valence-electron chi connectivity index (χ4n) is 4.45. The Morgan fingerprint density at radius 3 is 2.21 bits per heavy atom. The number of carbonyl (C=O) groups excluding carboxylic acids is 2. The summed E-state index contributed by atoms with van der Waals surface area (Å²) in [5.41, 5.74) is 2.03. The lowest BCUT2D eigenvalue weighted by atomic mass is 9.92. The molecule has 1 aromatic heterocycles. The average molecular weight is 538 g/mol. The highest BCUT2D eigenvalue weighted by molar-refractivity contribution is 6.09. The molecule has 1 unspecified atom stereocenters. The van der Waals surface area contributed by atoms with Crippen molar-refractivity contribution in [3.05, 3.63) is 59.8 Å². The average Bonchev–Trinajstić information content (AvgIpc) is 3.31. The van der Waals surface area contributed by atoms with E-state index in [9.17, 15) is 19.2 Å². The third-order valence-electron chi connectivity index (χ3n) is 6.48. The zero-order chi connectivity index (χ0) is 28.2. The lowest BCUT2D eigenvalue weighted by Crippen LogP contribution is -2.27. The number of ketones is 2. The van der Waals surface area contributed by atoms with Crippen LogP contribution in [-0.4, -0.2) is 45.5 Å². The van der Waals surface area contributed by atoms with Gasteiger partial charge in [0.25, 0.3) is 0 Å². The molecule has 1 atom stereocenters. The van der Waals surface area contributed by atoms with Crippen molar-refractivity contribution in [2.45, 2.75) is 70.6 Å². The first kappa shape index (κ1) is 29.4. The molecule has 3 aromatic rings. The van der Waals surface area contributed by atoms with E-state index in [1.165, 1.54) is 49.8 Å². The van der Waals surface area contributed by atoms with Gasteiger partial charge in [-0.25, -0.2) is 4.79 Å². The zero-order valence-electron chi connectivity index (χ0n) is 22.1. The third-order valence-corrected chi connectivity index (χ3v) is 6.48. The van der Waals surface area contributed by atoms with E-state index in [-0.39, 0.29) is 24.5 Å². The van der Waals surface area contributed by atoms with Crippen LogP contribution in [0, 0.1) is 0 Å². The number of aromatic nitrogens is 1. The number of ether oxygens (including phenoxy) is 2. The summed E-state index contributed by atoms with van der Waals surface area (Å²) in [6.45, 7) is 1.83. The Kier molecular flexibility index (Phi) is 11.1. The van der Waals surface area contributed by atoms with E-state index < -0.39 is 36.0 Å². The van der Waals surface area contributed by atoms with Gasteiger partial charge in [0.1, 0.15) is 29.8 Å². The summed E-state index contributed by atoms with van der Waals surface area (Å²) in [4.78, 5) is 51.0. The molecule has 0 radical (unpaired) electrons. The summed E-state index contributed by atoms with van der Waals surface area (Å²) >= 11 is 0. The number of unbranched alkanes of at least 4 members (excludes halogenated alkanes) is 5. The second kappa shape index (κ2) is 14.7. The van der Waals surface area contributed by atoms with Gasteiger partial charge in [-0.2, -0.15) is 0 Å². The molecule has 208 valence electrons. The lowest BCUT2D eigenvalue weighted by Gasteiger charge is -2.14. The standard InChI is InChI=1S/C30H35NO8/c1-2-3-4-5-6-7-8-20-9-11-22(12-10-20)38-19-27(33)29(26(32)15-16-28(34)35)25-18-21-17-23(39-30(36)37)13-14-24(21)31-25/h9-14,17-18,29,31H,2-8,15-16,19H2,1H3,(H,34,35)(H,36,37). The van der Waals surface area contributed by atoms with Gasteiger partial charge >= 0.3 is 12.1 Å². The maximum absolute atomic E-state index is 13.2. The van der Waals surface area contributed by atoms with Crippen LogP contribution in [0.25, 0.3) is 10.9 Å². The van der Waals surface area contributed by atoms with Crippen molar-refractivity contribution >= 4 is 34.6 Å². The van der Waals surface area contributed by atoms with E-state index in [0.29, 0.717) is 16.7 Å². The number of Topliss-reactive ketones (excluding diaryl/α,β-unsaturated/α-hetero) is 2. The predicted octanol–water partition coefficient (Wildman–Crippen LogP) is 6.29. The van der Waals surface area contributed by atoms with E-state index in [2.05, 4.69) is 16.6 Å². The number of aromatic amines is 1. The van der Waals surface area contributed by atoms with Crippen LogP contribution in [0.4, 0.5) is 4.79 Å². The molecule has 0 amide bonds. The van der Waals surface area contributed by atoms with Crippen molar-refractivity contribution in [3.63, 3.8) is 0 Å². The number of H-pyrrole nitrogens is 1. The Morgan fingerprint density at radius 1 is 0.821 bits per heavy atom. The van der Waals surface area contributed by atoms with E-state index in [0.717, 1.165) is 12.8 Å². The molecule has 9 heteroatoms. The van der Waals surface area contributed by atoms with E-state index in [4.69, 9.17) is 14.9 Å². The van der Waals surface area contributed by atoms with Crippen LogP contribution in [-0.2, 0) is 20.8 Å². The second-order valence-electron chi connectivity index (χ2n) is 9.55. The third kappa shape index (κ3) is 9.28. The zero-order valence-corrected chi connectivity index (χ0v) is 22.1. The topological polar surface area (TPSA) is 143 Å². The van der Waals surface area contributed by atoms with Crippen LogP contribution >= 0.6 is 0 Å². The highest BCUT2D eigenvalue weighted by Gasteiger charge is 2.30. The molecular weight excluding hydrogens is 502 g/mol. The number of aryl methyl sites for hydroxylation is 1. The molecular formula is C30H35NO8. The summed E-state index contributed by atoms with van der Waals surface area (Å²) in [5.74, 6) is -2.88. The highest BCUT2D eigenvalue weighted by atomic mass is 16.7. The highest BCUT2D eigenvalue weighted by Crippen LogP contribution is 2.28. The summed E-state index contributed by atoms with van der Waals surface area (Å²) in [5, 5.41) is 18.4. The largest absolute Gasteiger partial charge is 0.511 e. The molecule has 0 fully saturated rings. The Hall–Kier alpha value is -4.14. The first-order valence-corrected chi connectivity index (χ1v) is 13.3. The van der Waals surface area contributed by atoms with Crippen molar-refractivity contribution in [2.75, 3.05) is 6.61 Å². The van der Waals surface area contributed by atoms with Crippen LogP contribution in [0.2, 0.25) is 0 Å². The Labute approximate surface area is 227 Å². The predicted molar refractivity (Wildman–Crippen MR) is 146 cm³/mol. The summed E-state index contributed by atoms with van der Waals surface area (Å²) in [6, 6.07) is 13.6. The van der Waals surface area contributed by atoms with Crippen LogP contribution in [0.3, 0.4) is 0 Å². The van der Waals surface area contributed by atoms with Gasteiger partial charge in [-0.05, 0) is 54.8 Å². The van der Waals surface area contributed by atoms with Gasteiger partial charge in [-0.15, -0.1) is 0 Å². The Morgan fingerprint density at radius 2 is 1.51 bits per heavy atom. The minimum atomic E-state index is -1.46. The number of benzene rings is 2. The van der Waals surface area contributed by atoms with Gasteiger partial charge in [0.15, 0.2) is 5.78 Å². The molecule has 2 aromatic carbocycles. The number of hydrogen-bond donors (Lipinski definition) is 3. The van der Waals surface area contributed by atoms with Gasteiger partial charge < -0.3 is 24.7 Å². The molecule has 0 aliphatic heterocycles.